The molecular weight excluding hydrogens is 132 g/mol. The summed E-state index contributed by atoms with van der Waals surface area (Å²) in [4.78, 5) is 0. The number of allylic oxidation sites excluding steroid dienone is 2. The molecule has 0 rings (SSSR count). The highest BCUT2D eigenvalue weighted by molar-refractivity contribution is 4.93. The summed E-state index contributed by atoms with van der Waals surface area (Å²) < 4.78 is 0. The maximum Gasteiger partial charge on any atom is -0.0213 e. The van der Waals surface area contributed by atoms with Gasteiger partial charge in [-0.1, -0.05) is 53.7 Å². The average Bonchev–Trinajstić information content (AvgIpc) is 1.80. The summed E-state index contributed by atoms with van der Waals surface area (Å²) in [6.45, 7) is 13.5. The molecule has 0 radical (unpaired) electrons. The molecule has 0 aliphatic heterocycles. The van der Waals surface area contributed by atoms with Crippen LogP contribution in [0.5, 0.6) is 0 Å². The van der Waals surface area contributed by atoms with Crippen molar-refractivity contribution >= 4 is 0 Å². The zero-order chi connectivity index (χ0) is 9.07. The van der Waals surface area contributed by atoms with Crippen LogP contribution in [-0.2, 0) is 0 Å². The highest BCUT2D eigenvalue weighted by atomic mass is 14.2. The van der Waals surface area contributed by atoms with Crippen molar-refractivity contribution in [3.8, 4) is 0 Å². The SMILES string of the molecule is CC(C)/C=C/[C@H](C)C(C)(C)C. The molecule has 66 valence electrons. The fourth-order valence-electron chi connectivity index (χ4n) is 0.678. The minimum Gasteiger partial charge on any atom is -0.0857 e. The Morgan fingerprint density at radius 1 is 0.909 bits per heavy atom. The van der Waals surface area contributed by atoms with Crippen molar-refractivity contribution in [2.45, 2.75) is 41.5 Å². The molecule has 0 saturated heterocycles. The van der Waals surface area contributed by atoms with Crippen LogP contribution in [0.3, 0.4) is 0 Å². The summed E-state index contributed by atoms with van der Waals surface area (Å²) in [7, 11) is 0. The van der Waals surface area contributed by atoms with Crippen LogP contribution in [0.4, 0.5) is 0 Å². The first-order valence-corrected chi connectivity index (χ1v) is 4.52. The first-order chi connectivity index (χ1) is 4.84. The van der Waals surface area contributed by atoms with Crippen LogP contribution in [-0.4, -0.2) is 0 Å². The van der Waals surface area contributed by atoms with Crippen molar-refractivity contribution in [2.24, 2.45) is 17.3 Å². The third-order valence-electron chi connectivity index (χ3n) is 2.15. The third kappa shape index (κ3) is 5.06. The predicted molar refractivity (Wildman–Crippen MR) is 52.6 cm³/mol. The molecule has 0 heterocycles. The molecule has 0 amide bonds. The van der Waals surface area contributed by atoms with E-state index in [0.717, 1.165) is 0 Å². The Bertz CT molecular complexity index is 123. The van der Waals surface area contributed by atoms with Gasteiger partial charge in [0, 0.05) is 0 Å². The fraction of sp³-hybridized carbons (Fsp3) is 0.818. The van der Waals surface area contributed by atoms with Gasteiger partial charge in [0.05, 0.1) is 0 Å². The summed E-state index contributed by atoms with van der Waals surface area (Å²) in [5.74, 6) is 1.35. The fourth-order valence-corrected chi connectivity index (χ4v) is 0.678. The largest absolute Gasteiger partial charge is 0.0857 e. The number of hydrogen-bond acceptors (Lipinski definition) is 0. The van der Waals surface area contributed by atoms with Crippen molar-refractivity contribution in [1.82, 2.24) is 0 Å². The standard InChI is InChI=1S/C11H22/c1-9(2)7-8-10(3)11(4,5)6/h7-10H,1-6H3/b8-7+/t10-/m0/s1. The second kappa shape index (κ2) is 3.94. The molecule has 0 unspecified atom stereocenters. The Kier molecular flexibility index (Phi) is 3.85. The van der Waals surface area contributed by atoms with Crippen molar-refractivity contribution in [1.29, 1.82) is 0 Å². The molecule has 0 nitrogen and oxygen atoms in total. The molecule has 0 fully saturated rings. The molecule has 0 aliphatic carbocycles. The molecule has 0 heteroatoms. The Morgan fingerprint density at radius 2 is 1.36 bits per heavy atom. The maximum absolute atomic E-state index is 2.32. The summed E-state index contributed by atoms with van der Waals surface area (Å²) in [5.41, 5.74) is 0.408. The molecular formula is C11H22. The first kappa shape index (κ1) is 10.7. The van der Waals surface area contributed by atoms with Crippen LogP contribution < -0.4 is 0 Å². The van der Waals surface area contributed by atoms with E-state index in [1.807, 2.05) is 0 Å². The number of hydrogen-bond donors (Lipinski definition) is 0. The van der Waals surface area contributed by atoms with Crippen molar-refractivity contribution in [3.63, 3.8) is 0 Å². The van der Waals surface area contributed by atoms with Crippen LogP contribution in [0.15, 0.2) is 12.2 Å². The zero-order valence-corrected chi connectivity index (χ0v) is 8.81. The van der Waals surface area contributed by atoms with Crippen LogP contribution in [0.1, 0.15) is 41.5 Å². The van der Waals surface area contributed by atoms with E-state index < -0.39 is 0 Å². The van der Waals surface area contributed by atoms with Gasteiger partial charge in [0.15, 0.2) is 0 Å². The highest BCUT2D eigenvalue weighted by Crippen LogP contribution is 2.26. The van der Waals surface area contributed by atoms with Gasteiger partial charge in [-0.15, -0.1) is 0 Å². The minimum absolute atomic E-state index is 0.408. The van der Waals surface area contributed by atoms with Gasteiger partial charge in [-0.25, -0.2) is 0 Å². The Hall–Kier alpha value is -0.260. The molecule has 0 bridgehead atoms. The van der Waals surface area contributed by atoms with Gasteiger partial charge in [0.2, 0.25) is 0 Å². The molecule has 0 aromatic rings. The molecule has 0 saturated carbocycles. The maximum atomic E-state index is 2.32. The second-order valence-electron chi connectivity index (χ2n) is 4.78. The van der Waals surface area contributed by atoms with Gasteiger partial charge in [-0.2, -0.15) is 0 Å². The smallest absolute Gasteiger partial charge is 0.0213 e. The van der Waals surface area contributed by atoms with Crippen LogP contribution in [0.2, 0.25) is 0 Å². The van der Waals surface area contributed by atoms with Gasteiger partial charge >= 0.3 is 0 Å². The molecule has 0 N–H and O–H groups in total. The molecule has 0 aliphatic rings. The Labute approximate surface area is 71.7 Å². The quantitative estimate of drug-likeness (QED) is 0.529. The van der Waals surface area contributed by atoms with E-state index in [1.165, 1.54) is 0 Å². The Morgan fingerprint density at radius 3 is 1.64 bits per heavy atom. The van der Waals surface area contributed by atoms with Gasteiger partial charge in [0.25, 0.3) is 0 Å². The third-order valence-corrected chi connectivity index (χ3v) is 2.15. The van der Waals surface area contributed by atoms with E-state index >= 15 is 0 Å². The normalized spacial score (nSPS) is 16.3. The Balaban J connectivity index is 3.97. The summed E-state index contributed by atoms with van der Waals surface area (Å²) in [6, 6.07) is 0. The van der Waals surface area contributed by atoms with E-state index in [1.54, 1.807) is 0 Å². The van der Waals surface area contributed by atoms with E-state index in [0.29, 0.717) is 17.3 Å². The lowest BCUT2D eigenvalue weighted by atomic mass is 9.81. The molecule has 0 spiro atoms. The lowest BCUT2D eigenvalue weighted by Gasteiger charge is -2.24. The van der Waals surface area contributed by atoms with Crippen LogP contribution in [0, 0.1) is 17.3 Å². The van der Waals surface area contributed by atoms with Gasteiger partial charge in [-0.3, -0.25) is 0 Å². The van der Waals surface area contributed by atoms with Gasteiger partial charge in [-0.05, 0) is 17.3 Å². The van der Waals surface area contributed by atoms with E-state index in [4.69, 9.17) is 0 Å². The lowest BCUT2D eigenvalue weighted by Crippen LogP contribution is -2.14. The van der Waals surface area contributed by atoms with Crippen LogP contribution >= 0.6 is 0 Å². The van der Waals surface area contributed by atoms with E-state index in [9.17, 15) is 0 Å². The summed E-state index contributed by atoms with van der Waals surface area (Å²) in [5, 5.41) is 0. The molecule has 11 heavy (non-hydrogen) atoms. The van der Waals surface area contributed by atoms with E-state index in [-0.39, 0.29) is 0 Å². The highest BCUT2D eigenvalue weighted by Gasteiger charge is 2.16. The van der Waals surface area contributed by atoms with E-state index in [2.05, 4.69) is 53.7 Å². The lowest BCUT2D eigenvalue weighted by molar-refractivity contribution is 0.313. The molecule has 0 aromatic heterocycles. The van der Waals surface area contributed by atoms with Crippen molar-refractivity contribution in [3.05, 3.63) is 12.2 Å². The van der Waals surface area contributed by atoms with Crippen LogP contribution in [0.25, 0.3) is 0 Å². The van der Waals surface area contributed by atoms with Gasteiger partial charge < -0.3 is 0 Å². The second-order valence-corrected chi connectivity index (χ2v) is 4.78. The topological polar surface area (TPSA) is 0 Å². The van der Waals surface area contributed by atoms with Gasteiger partial charge in [0.1, 0.15) is 0 Å². The molecule has 0 aromatic carbocycles. The zero-order valence-electron chi connectivity index (χ0n) is 8.81. The number of rotatable bonds is 2. The summed E-state index contributed by atoms with van der Waals surface area (Å²) >= 11 is 0. The monoisotopic (exact) mass is 154 g/mol. The van der Waals surface area contributed by atoms with Crippen molar-refractivity contribution in [2.75, 3.05) is 0 Å². The van der Waals surface area contributed by atoms with Crippen molar-refractivity contribution < 1.29 is 0 Å². The first-order valence-electron chi connectivity index (χ1n) is 4.52. The minimum atomic E-state index is 0.408. The average molecular weight is 154 g/mol. The summed E-state index contributed by atoms with van der Waals surface area (Å²) in [6.07, 6.45) is 4.61. The predicted octanol–water partition coefficient (Wildman–Crippen LogP) is 3.88. The molecule has 1 atom stereocenters.